The molecule has 0 fully saturated rings. The summed E-state index contributed by atoms with van der Waals surface area (Å²) in [5.41, 5.74) is 3.29. The molecule has 5 nitrogen and oxygen atoms in total. The van der Waals surface area contributed by atoms with E-state index in [1.165, 1.54) is 0 Å². The number of pyridine rings is 1. The molecule has 1 aliphatic rings. The molecule has 1 aromatic heterocycles. The standard InChI is InChI=1S/C22H18ClN3O2/c1-28-19-10-6-15(7-11-19)20-13-21(17-3-2-12-24-14-17)26(25-20)22(27)16-4-8-18(23)9-5-16/h2-12,14,21H,13H2,1H3. The fourth-order valence-electron chi connectivity index (χ4n) is 3.21. The van der Waals surface area contributed by atoms with Crippen LogP contribution in [0.2, 0.25) is 5.02 Å². The molecule has 0 saturated carbocycles. The van der Waals surface area contributed by atoms with Crippen LogP contribution in [0, 0.1) is 0 Å². The van der Waals surface area contributed by atoms with E-state index in [1.807, 2.05) is 36.4 Å². The van der Waals surface area contributed by atoms with Gasteiger partial charge in [-0.15, -0.1) is 0 Å². The summed E-state index contributed by atoms with van der Waals surface area (Å²) in [6.45, 7) is 0. The van der Waals surface area contributed by atoms with Gasteiger partial charge in [-0.25, -0.2) is 5.01 Å². The van der Waals surface area contributed by atoms with Crippen LogP contribution in [0.4, 0.5) is 0 Å². The summed E-state index contributed by atoms with van der Waals surface area (Å²) in [6, 6.07) is 18.1. The van der Waals surface area contributed by atoms with Crippen LogP contribution in [-0.4, -0.2) is 28.7 Å². The maximum Gasteiger partial charge on any atom is 0.274 e. The second-order valence-electron chi connectivity index (χ2n) is 6.44. The monoisotopic (exact) mass is 391 g/mol. The highest BCUT2D eigenvalue weighted by Gasteiger charge is 2.33. The average molecular weight is 392 g/mol. The summed E-state index contributed by atoms with van der Waals surface area (Å²) in [5.74, 6) is 0.606. The Balaban J connectivity index is 1.70. The zero-order valence-corrected chi connectivity index (χ0v) is 16.0. The Hall–Kier alpha value is -3.18. The topological polar surface area (TPSA) is 54.8 Å². The number of hydrazone groups is 1. The molecule has 140 valence electrons. The van der Waals surface area contributed by atoms with Crippen molar-refractivity contribution in [2.45, 2.75) is 12.5 Å². The summed E-state index contributed by atoms with van der Waals surface area (Å²) < 4.78 is 5.23. The van der Waals surface area contributed by atoms with Gasteiger partial charge in [-0.2, -0.15) is 5.10 Å². The highest BCUT2D eigenvalue weighted by atomic mass is 35.5. The molecular formula is C22H18ClN3O2. The maximum absolute atomic E-state index is 13.2. The molecule has 28 heavy (non-hydrogen) atoms. The maximum atomic E-state index is 13.2. The molecular weight excluding hydrogens is 374 g/mol. The van der Waals surface area contributed by atoms with Gasteiger partial charge in [-0.05, 0) is 65.7 Å². The normalized spacial score (nSPS) is 16.0. The third kappa shape index (κ3) is 3.62. The van der Waals surface area contributed by atoms with Gasteiger partial charge in [0, 0.05) is 29.4 Å². The predicted octanol–water partition coefficient (Wildman–Crippen LogP) is 4.74. The predicted molar refractivity (Wildman–Crippen MR) is 109 cm³/mol. The van der Waals surface area contributed by atoms with Crippen molar-refractivity contribution in [1.29, 1.82) is 0 Å². The minimum atomic E-state index is -0.214. The first kappa shape index (κ1) is 18.2. The molecule has 0 spiro atoms. The van der Waals surface area contributed by atoms with Gasteiger partial charge in [0.15, 0.2) is 0 Å². The Morgan fingerprint density at radius 1 is 1.11 bits per heavy atom. The number of rotatable bonds is 4. The number of benzene rings is 2. The summed E-state index contributed by atoms with van der Waals surface area (Å²) in [4.78, 5) is 17.4. The zero-order valence-electron chi connectivity index (χ0n) is 15.2. The number of carbonyl (C=O) groups excluding carboxylic acids is 1. The van der Waals surface area contributed by atoms with E-state index < -0.39 is 0 Å². The number of methoxy groups -OCH3 is 1. The molecule has 2 aromatic carbocycles. The first-order valence-corrected chi connectivity index (χ1v) is 9.24. The van der Waals surface area contributed by atoms with Gasteiger partial charge < -0.3 is 4.74 Å². The molecule has 0 radical (unpaired) electrons. The Morgan fingerprint density at radius 3 is 2.50 bits per heavy atom. The quantitative estimate of drug-likeness (QED) is 0.645. The molecule has 2 heterocycles. The Labute approximate surface area is 168 Å². The van der Waals surface area contributed by atoms with Crippen molar-refractivity contribution in [3.8, 4) is 5.75 Å². The van der Waals surface area contributed by atoms with E-state index in [0.717, 1.165) is 22.6 Å². The van der Waals surface area contributed by atoms with Crippen LogP contribution in [0.1, 0.15) is 33.9 Å². The highest BCUT2D eigenvalue weighted by Crippen LogP contribution is 2.34. The van der Waals surface area contributed by atoms with Crippen molar-refractivity contribution in [2.24, 2.45) is 5.10 Å². The molecule has 3 aromatic rings. The Bertz CT molecular complexity index is 1000. The molecule has 0 aliphatic carbocycles. The van der Waals surface area contributed by atoms with Gasteiger partial charge in [-0.3, -0.25) is 9.78 Å². The Kier molecular flexibility index (Phi) is 5.08. The molecule has 0 saturated heterocycles. The molecule has 1 aliphatic heterocycles. The van der Waals surface area contributed by atoms with Gasteiger partial charge in [0.25, 0.3) is 5.91 Å². The molecule has 6 heteroatoms. The van der Waals surface area contributed by atoms with E-state index in [1.54, 1.807) is 48.8 Å². The number of carbonyl (C=O) groups is 1. The van der Waals surface area contributed by atoms with E-state index in [-0.39, 0.29) is 11.9 Å². The second kappa shape index (κ2) is 7.82. The van der Waals surface area contributed by atoms with Crippen LogP contribution in [0.15, 0.2) is 78.2 Å². The van der Waals surface area contributed by atoms with E-state index in [0.29, 0.717) is 17.0 Å². The van der Waals surface area contributed by atoms with Gasteiger partial charge in [0.2, 0.25) is 0 Å². The lowest BCUT2D eigenvalue weighted by molar-refractivity contribution is 0.0711. The average Bonchev–Trinajstić information content (AvgIpc) is 3.20. The molecule has 4 rings (SSSR count). The minimum Gasteiger partial charge on any atom is -0.497 e. The number of hydrogen-bond acceptors (Lipinski definition) is 4. The largest absolute Gasteiger partial charge is 0.497 e. The summed E-state index contributed by atoms with van der Waals surface area (Å²) in [6.07, 6.45) is 4.10. The lowest BCUT2D eigenvalue weighted by atomic mass is 9.99. The first-order chi connectivity index (χ1) is 13.7. The third-order valence-electron chi connectivity index (χ3n) is 4.70. The van der Waals surface area contributed by atoms with E-state index in [9.17, 15) is 4.79 Å². The molecule has 1 atom stereocenters. The second-order valence-corrected chi connectivity index (χ2v) is 6.87. The lowest BCUT2D eigenvalue weighted by Crippen LogP contribution is -2.27. The van der Waals surface area contributed by atoms with Crippen molar-refractivity contribution >= 4 is 23.2 Å². The number of hydrogen-bond donors (Lipinski definition) is 0. The van der Waals surface area contributed by atoms with E-state index >= 15 is 0 Å². The Morgan fingerprint density at radius 2 is 1.86 bits per heavy atom. The SMILES string of the molecule is COc1ccc(C2=NN(C(=O)c3ccc(Cl)cc3)C(c3cccnc3)C2)cc1. The van der Waals surface area contributed by atoms with Crippen molar-refractivity contribution < 1.29 is 9.53 Å². The molecule has 0 N–H and O–H groups in total. The van der Waals surface area contributed by atoms with E-state index in [4.69, 9.17) is 16.3 Å². The van der Waals surface area contributed by atoms with Crippen LogP contribution in [0.3, 0.4) is 0 Å². The van der Waals surface area contributed by atoms with Crippen LogP contribution in [-0.2, 0) is 0 Å². The van der Waals surface area contributed by atoms with Gasteiger partial charge in [0.1, 0.15) is 5.75 Å². The molecule has 1 amide bonds. The number of halogens is 1. The summed E-state index contributed by atoms with van der Waals surface area (Å²) in [5, 5.41) is 6.80. The fourth-order valence-corrected chi connectivity index (χ4v) is 3.34. The van der Waals surface area contributed by atoms with Crippen LogP contribution < -0.4 is 4.74 Å². The van der Waals surface area contributed by atoms with Crippen LogP contribution in [0.25, 0.3) is 0 Å². The molecule has 0 bridgehead atoms. The molecule has 1 unspecified atom stereocenters. The van der Waals surface area contributed by atoms with Gasteiger partial charge >= 0.3 is 0 Å². The fraction of sp³-hybridized carbons (Fsp3) is 0.136. The van der Waals surface area contributed by atoms with Gasteiger partial charge in [-0.1, -0.05) is 17.7 Å². The van der Waals surface area contributed by atoms with Crippen LogP contribution >= 0.6 is 11.6 Å². The minimum absolute atomic E-state index is 0.172. The number of ether oxygens (including phenoxy) is 1. The lowest BCUT2D eigenvalue weighted by Gasteiger charge is -2.21. The van der Waals surface area contributed by atoms with Crippen molar-refractivity contribution in [3.05, 3.63) is 94.8 Å². The summed E-state index contributed by atoms with van der Waals surface area (Å²) in [7, 11) is 1.63. The number of amides is 1. The first-order valence-electron chi connectivity index (χ1n) is 8.86. The smallest absolute Gasteiger partial charge is 0.274 e. The van der Waals surface area contributed by atoms with Gasteiger partial charge in [0.05, 0.1) is 18.9 Å². The zero-order chi connectivity index (χ0) is 19.5. The van der Waals surface area contributed by atoms with Crippen molar-refractivity contribution in [3.63, 3.8) is 0 Å². The third-order valence-corrected chi connectivity index (χ3v) is 4.95. The van der Waals surface area contributed by atoms with Crippen molar-refractivity contribution in [1.82, 2.24) is 9.99 Å². The van der Waals surface area contributed by atoms with Crippen molar-refractivity contribution in [2.75, 3.05) is 7.11 Å². The summed E-state index contributed by atoms with van der Waals surface area (Å²) >= 11 is 5.96. The number of aromatic nitrogens is 1. The number of nitrogens with zero attached hydrogens (tertiary/aromatic N) is 3. The van der Waals surface area contributed by atoms with E-state index in [2.05, 4.69) is 10.1 Å². The van der Waals surface area contributed by atoms with Crippen LogP contribution in [0.5, 0.6) is 5.75 Å². The highest BCUT2D eigenvalue weighted by molar-refractivity contribution is 6.30.